The zero-order chi connectivity index (χ0) is 11.2. The van der Waals surface area contributed by atoms with Gasteiger partial charge in [-0.2, -0.15) is 0 Å². The van der Waals surface area contributed by atoms with Gasteiger partial charge in [0.05, 0.1) is 11.1 Å². The molecule has 1 heterocycles. The Balaban J connectivity index is 2.72. The van der Waals surface area contributed by atoms with E-state index >= 15 is 0 Å². The minimum Gasteiger partial charge on any atom is -0.275 e. The zero-order valence-corrected chi connectivity index (χ0v) is 11.1. The molecule has 1 aromatic rings. The van der Waals surface area contributed by atoms with Gasteiger partial charge < -0.3 is 0 Å². The van der Waals surface area contributed by atoms with Crippen LogP contribution in [0.15, 0.2) is 21.1 Å². The Hall–Kier alpha value is -0.680. The summed E-state index contributed by atoms with van der Waals surface area (Å²) in [6.45, 7) is 2.18. The predicted octanol–water partition coefficient (Wildman–Crippen LogP) is 2.83. The molecule has 78 valence electrons. The monoisotopic (exact) mass is 331 g/mol. The normalized spacial score (nSPS) is 14.7. The van der Waals surface area contributed by atoms with Gasteiger partial charge in [0.1, 0.15) is 0 Å². The molecule has 0 spiro atoms. The van der Waals surface area contributed by atoms with Crippen molar-refractivity contribution in [1.29, 1.82) is 0 Å². The molecule has 0 N–H and O–H groups in total. The first-order valence-corrected chi connectivity index (χ1v) is 6.00. The van der Waals surface area contributed by atoms with Gasteiger partial charge >= 0.3 is 0 Å². The maximum atomic E-state index is 11.9. The van der Waals surface area contributed by atoms with Crippen molar-refractivity contribution in [3.63, 3.8) is 0 Å². The fourth-order valence-corrected chi connectivity index (χ4v) is 2.62. The van der Waals surface area contributed by atoms with Crippen molar-refractivity contribution < 1.29 is 9.59 Å². The third kappa shape index (κ3) is 1.45. The Morgan fingerprint density at radius 1 is 1.07 bits per heavy atom. The molecule has 1 aromatic carbocycles. The van der Waals surface area contributed by atoms with Gasteiger partial charge in [-0.15, -0.1) is 0 Å². The van der Waals surface area contributed by atoms with E-state index in [0.717, 1.165) is 0 Å². The Bertz CT molecular complexity index is 430. The maximum absolute atomic E-state index is 11.9. The van der Waals surface area contributed by atoms with Gasteiger partial charge in [-0.3, -0.25) is 14.5 Å². The highest BCUT2D eigenvalue weighted by Gasteiger charge is 2.37. The number of halogens is 2. The van der Waals surface area contributed by atoms with Gasteiger partial charge in [0.25, 0.3) is 11.8 Å². The second-order valence-corrected chi connectivity index (χ2v) is 4.84. The van der Waals surface area contributed by atoms with Crippen LogP contribution in [-0.2, 0) is 0 Å². The fraction of sp³-hybridized carbons (Fsp3) is 0.200. The summed E-state index contributed by atoms with van der Waals surface area (Å²) >= 11 is 6.57. The molecule has 0 unspecified atom stereocenters. The van der Waals surface area contributed by atoms with Crippen molar-refractivity contribution in [3.8, 4) is 0 Å². The standard InChI is InChI=1S/C10H7Br2NO2/c1-2-13-9(14)7-5(11)3-4-6(12)8(7)10(13)15/h3-4H,2H2,1H3. The van der Waals surface area contributed by atoms with Crippen molar-refractivity contribution in [2.75, 3.05) is 6.54 Å². The van der Waals surface area contributed by atoms with E-state index in [0.29, 0.717) is 26.6 Å². The molecule has 3 nitrogen and oxygen atoms in total. The van der Waals surface area contributed by atoms with Crippen molar-refractivity contribution in [1.82, 2.24) is 4.90 Å². The number of carbonyl (C=O) groups excluding carboxylic acids is 2. The molecule has 2 amide bonds. The van der Waals surface area contributed by atoms with E-state index in [1.165, 1.54) is 4.90 Å². The van der Waals surface area contributed by atoms with Crippen molar-refractivity contribution in [2.45, 2.75) is 6.92 Å². The lowest BCUT2D eigenvalue weighted by Gasteiger charge is -2.09. The molecule has 15 heavy (non-hydrogen) atoms. The first kappa shape index (κ1) is 10.8. The lowest BCUT2D eigenvalue weighted by molar-refractivity contribution is 0.0662. The van der Waals surface area contributed by atoms with E-state index < -0.39 is 0 Å². The molecule has 0 saturated carbocycles. The molecule has 2 rings (SSSR count). The maximum Gasteiger partial charge on any atom is 0.262 e. The SMILES string of the molecule is CCN1C(=O)c2c(Br)ccc(Br)c2C1=O. The molecule has 0 radical (unpaired) electrons. The van der Waals surface area contributed by atoms with Crippen LogP contribution >= 0.6 is 31.9 Å². The van der Waals surface area contributed by atoms with Crippen LogP contribution in [0, 0.1) is 0 Å². The molecule has 1 aliphatic heterocycles. The number of hydrogen-bond acceptors (Lipinski definition) is 2. The average molecular weight is 333 g/mol. The van der Waals surface area contributed by atoms with E-state index in [4.69, 9.17) is 0 Å². The Morgan fingerprint density at radius 2 is 1.47 bits per heavy atom. The van der Waals surface area contributed by atoms with E-state index in [-0.39, 0.29) is 11.8 Å². The third-order valence-electron chi connectivity index (χ3n) is 2.34. The second-order valence-electron chi connectivity index (χ2n) is 3.13. The summed E-state index contributed by atoms with van der Waals surface area (Å²) in [5.41, 5.74) is 0.910. The first-order valence-electron chi connectivity index (χ1n) is 4.42. The minimum absolute atomic E-state index is 0.231. The molecule has 1 aliphatic rings. The number of amides is 2. The van der Waals surface area contributed by atoms with Crippen LogP contribution in [-0.4, -0.2) is 23.3 Å². The zero-order valence-electron chi connectivity index (χ0n) is 7.88. The highest BCUT2D eigenvalue weighted by molar-refractivity contribution is 9.11. The Morgan fingerprint density at radius 3 is 1.80 bits per heavy atom. The lowest BCUT2D eigenvalue weighted by atomic mass is 10.1. The quantitative estimate of drug-likeness (QED) is 0.742. The van der Waals surface area contributed by atoms with E-state index in [9.17, 15) is 9.59 Å². The molecule has 0 saturated heterocycles. The summed E-state index contributed by atoms with van der Waals surface area (Å²) < 4.78 is 1.32. The molecular formula is C10H7Br2NO2. The average Bonchev–Trinajstić information content (AvgIpc) is 2.46. The highest BCUT2D eigenvalue weighted by Crippen LogP contribution is 2.34. The summed E-state index contributed by atoms with van der Waals surface area (Å²) in [5.74, 6) is -0.462. The summed E-state index contributed by atoms with van der Waals surface area (Å²) in [6, 6.07) is 3.51. The van der Waals surface area contributed by atoms with Crippen LogP contribution in [0.25, 0.3) is 0 Å². The molecule has 0 bridgehead atoms. The van der Waals surface area contributed by atoms with Gasteiger partial charge in [-0.1, -0.05) is 0 Å². The fourth-order valence-electron chi connectivity index (χ4n) is 1.62. The number of nitrogens with zero attached hydrogens (tertiary/aromatic N) is 1. The van der Waals surface area contributed by atoms with Crippen molar-refractivity contribution in [3.05, 3.63) is 32.2 Å². The van der Waals surface area contributed by atoms with Crippen LogP contribution in [0.3, 0.4) is 0 Å². The molecular weight excluding hydrogens is 326 g/mol. The molecule has 0 aliphatic carbocycles. The van der Waals surface area contributed by atoms with Gasteiger partial charge in [0.15, 0.2) is 0 Å². The third-order valence-corrected chi connectivity index (χ3v) is 3.66. The van der Waals surface area contributed by atoms with E-state index in [1.807, 2.05) is 0 Å². The van der Waals surface area contributed by atoms with Gasteiger partial charge in [0, 0.05) is 15.5 Å². The van der Waals surface area contributed by atoms with Crippen molar-refractivity contribution in [2.24, 2.45) is 0 Å². The van der Waals surface area contributed by atoms with Gasteiger partial charge in [0.2, 0.25) is 0 Å². The van der Waals surface area contributed by atoms with Crippen LogP contribution < -0.4 is 0 Å². The topological polar surface area (TPSA) is 37.4 Å². The molecule has 0 fully saturated rings. The summed E-state index contributed by atoms with van der Waals surface area (Å²) in [6.07, 6.45) is 0. The smallest absolute Gasteiger partial charge is 0.262 e. The summed E-state index contributed by atoms with van der Waals surface area (Å²) in [4.78, 5) is 25.0. The summed E-state index contributed by atoms with van der Waals surface area (Å²) in [5, 5.41) is 0. The number of rotatable bonds is 1. The number of benzene rings is 1. The summed E-state index contributed by atoms with van der Waals surface area (Å²) in [7, 11) is 0. The number of carbonyl (C=O) groups is 2. The van der Waals surface area contributed by atoms with Crippen LogP contribution in [0.1, 0.15) is 27.6 Å². The van der Waals surface area contributed by atoms with Gasteiger partial charge in [-0.05, 0) is 50.9 Å². The molecule has 0 aromatic heterocycles. The van der Waals surface area contributed by atoms with E-state index in [1.54, 1.807) is 19.1 Å². The molecule has 0 atom stereocenters. The first-order chi connectivity index (χ1) is 7.07. The number of hydrogen-bond donors (Lipinski definition) is 0. The van der Waals surface area contributed by atoms with Crippen LogP contribution in [0.4, 0.5) is 0 Å². The highest BCUT2D eigenvalue weighted by atomic mass is 79.9. The number of fused-ring (bicyclic) bond motifs is 1. The largest absolute Gasteiger partial charge is 0.275 e. The van der Waals surface area contributed by atoms with Crippen LogP contribution in [0.2, 0.25) is 0 Å². The molecule has 5 heteroatoms. The Kier molecular flexibility index (Phi) is 2.68. The van der Waals surface area contributed by atoms with Gasteiger partial charge in [-0.25, -0.2) is 0 Å². The van der Waals surface area contributed by atoms with Crippen LogP contribution in [0.5, 0.6) is 0 Å². The predicted molar refractivity (Wildman–Crippen MR) is 62.9 cm³/mol. The number of imide groups is 1. The van der Waals surface area contributed by atoms with E-state index in [2.05, 4.69) is 31.9 Å². The minimum atomic E-state index is -0.231. The second kappa shape index (κ2) is 3.72. The van der Waals surface area contributed by atoms with Crippen molar-refractivity contribution >= 4 is 43.7 Å². The Labute approximate surface area is 104 Å². The lowest BCUT2D eigenvalue weighted by Crippen LogP contribution is -2.29.